The van der Waals surface area contributed by atoms with Crippen molar-refractivity contribution in [3.05, 3.63) is 59.9 Å². The minimum absolute atomic E-state index is 0.152. The average Bonchev–Trinajstić information content (AvgIpc) is 2.62. The molecule has 0 atom stereocenters. The van der Waals surface area contributed by atoms with Crippen LogP contribution in [0, 0.1) is 0 Å². The molecule has 0 N–H and O–H groups in total. The number of benzene rings is 1. The summed E-state index contributed by atoms with van der Waals surface area (Å²) < 4.78 is 18.1. The highest BCUT2D eigenvalue weighted by atomic mass is 16.7. The monoisotopic (exact) mass is 328 g/mol. The van der Waals surface area contributed by atoms with Gasteiger partial charge in [0.1, 0.15) is 12.8 Å². The Morgan fingerprint density at radius 2 is 1.75 bits per heavy atom. The summed E-state index contributed by atoms with van der Waals surface area (Å²) in [6, 6.07) is 14.2. The molecule has 0 aliphatic rings. The third-order valence-electron chi connectivity index (χ3n) is 3.80. The predicted molar refractivity (Wildman–Crippen MR) is 95.5 cm³/mol. The van der Waals surface area contributed by atoms with Gasteiger partial charge in [-0.3, -0.25) is 0 Å². The van der Waals surface area contributed by atoms with Crippen LogP contribution in [0.25, 0.3) is 12.2 Å². The maximum Gasteiger partial charge on any atom is 0.204 e. The molecule has 0 saturated carbocycles. The lowest BCUT2D eigenvalue weighted by atomic mass is 10.2. The van der Waals surface area contributed by atoms with E-state index in [9.17, 15) is 0 Å². The van der Waals surface area contributed by atoms with Crippen molar-refractivity contribution in [2.45, 2.75) is 19.1 Å². The van der Waals surface area contributed by atoms with Crippen LogP contribution < -0.4 is 9.30 Å². The Hall–Kier alpha value is -2.17. The molecule has 0 saturated heterocycles. The van der Waals surface area contributed by atoms with Gasteiger partial charge >= 0.3 is 0 Å². The lowest BCUT2D eigenvalue weighted by molar-refractivity contribution is -0.673. The summed E-state index contributed by atoms with van der Waals surface area (Å²) in [4.78, 5) is 0. The molecule has 0 amide bonds. The molecule has 1 aromatic carbocycles. The summed E-state index contributed by atoms with van der Waals surface area (Å²) in [6.45, 7) is 0.651. The zero-order valence-corrected chi connectivity index (χ0v) is 14.6. The van der Waals surface area contributed by atoms with Crippen molar-refractivity contribution in [3.63, 3.8) is 0 Å². The van der Waals surface area contributed by atoms with Gasteiger partial charge < -0.3 is 14.2 Å². The van der Waals surface area contributed by atoms with Crippen molar-refractivity contribution in [3.8, 4) is 5.75 Å². The molecule has 0 aliphatic carbocycles. The first-order valence-electron chi connectivity index (χ1n) is 8.14. The van der Waals surface area contributed by atoms with Crippen LogP contribution in [-0.4, -0.2) is 27.1 Å². The highest BCUT2D eigenvalue weighted by molar-refractivity contribution is 5.67. The second-order valence-corrected chi connectivity index (χ2v) is 5.53. The predicted octanol–water partition coefficient (Wildman–Crippen LogP) is 3.46. The smallest absolute Gasteiger partial charge is 0.204 e. The van der Waals surface area contributed by atoms with E-state index in [2.05, 4.69) is 34.9 Å². The van der Waals surface area contributed by atoms with Crippen LogP contribution in [0.4, 0.5) is 0 Å². The topological polar surface area (TPSA) is 31.6 Å². The maximum atomic E-state index is 5.74. The maximum absolute atomic E-state index is 5.74. The van der Waals surface area contributed by atoms with E-state index in [1.807, 2.05) is 37.5 Å². The Kier molecular flexibility index (Phi) is 7.46. The first kappa shape index (κ1) is 18.2. The van der Waals surface area contributed by atoms with Gasteiger partial charge in [-0.05, 0) is 36.3 Å². The van der Waals surface area contributed by atoms with E-state index in [0.29, 0.717) is 6.61 Å². The second-order valence-electron chi connectivity index (χ2n) is 5.53. The van der Waals surface area contributed by atoms with E-state index < -0.39 is 0 Å². The number of hydrogen-bond acceptors (Lipinski definition) is 3. The molecule has 1 aromatic heterocycles. The fourth-order valence-electron chi connectivity index (χ4n) is 2.34. The van der Waals surface area contributed by atoms with E-state index >= 15 is 0 Å². The summed E-state index contributed by atoms with van der Waals surface area (Å²) in [5.41, 5.74) is 2.30. The lowest BCUT2D eigenvalue weighted by Crippen LogP contribution is -2.30. The molecule has 1 heterocycles. The summed E-state index contributed by atoms with van der Waals surface area (Å²) in [5.74, 6) is 0.879. The zero-order chi connectivity index (χ0) is 17.2. The van der Waals surface area contributed by atoms with E-state index in [-0.39, 0.29) is 6.29 Å². The Labute approximate surface area is 144 Å². The van der Waals surface area contributed by atoms with Crippen LogP contribution in [0.1, 0.15) is 24.1 Å². The van der Waals surface area contributed by atoms with E-state index in [4.69, 9.17) is 14.2 Å². The molecule has 128 valence electrons. The number of nitrogens with zero attached hydrogens (tertiary/aromatic N) is 1. The van der Waals surface area contributed by atoms with Gasteiger partial charge in [-0.2, -0.15) is 0 Å². The fraction of sp³-hybridized carbons (Fsp3) is 0.350. The Morgan fingerprint density at radius 3 is 2.42 bits per heavy atom. The molecule has 4 heteroatoms. The summed E-state index contributed by atoms with van der Waals surface area (Å²) in [7, 11) is 5.34. The zero-order valence-electron chi connectivity index (χ0n) is 14.6. The standard InChI is InChI=1S/C20H26NO3/c1-21-15-5-4-7-18(21)12-9-17-10-13-19(14-11-17)24-16-6-8-20(22-2)23-3/h4-5,7,9-15,20H,6,8,16H2,1-3H3/q+1/b12-9+. The number of ether oxygens (including phenoxy) is 3. The van der Waals surface area contributed by atoms with Gasteiger partial charge in [-0.15, -0.1) is 0 Å². The number of methoxy groups -OCH3 is 2. The van der Waals surface area contributed by atoms with Crippen molar-refractivity contribution < 1.29 is 18.8 Å². The van der Waals surface area contributed by atoms with Crippen LogP contribution in [0.5, 0.6) is 5.75 Å². The lowest BCUT2D eigenvalue weighted by Gasteiger charge is -2.13. The van der Waals surface area contributed by atoms with Gasteiger partial charge in [0, 0.05) is 38.8 Å². The molecule has 24 heavy (non-hydrogen) atoms. The number of aromatic nitrogens is 1. The number of hydrogen-bond donors (Lipinski definition) is 0. The fourth-order valence-corrected chi connectivity index (χ4v) is 2.34. The molecule has 4 nitrogen and oxygen atoms in total. The molecule has 0 bridgehead atoms. The minimum atomic E-state index is -0.152. The van der Waals surface area contributed by atoms with E-state index in [1.165, 1.54) is 0 Å². The Balaban J connectivity index is 1.81. The molecule has 2 aromatic rings. The van der Waals surface area contributed by atoms with Crippen molar-refractivity contribution >= 4 is 12.2 Å². The summed E-state index contributed by atoms with van der Waals surface area (Å²) in [6.07, 6.45) is 7.79. The highest BCUT2D eigenvalue weighted by Crippen LogP contribution is 2.15. The molecular formula is C20H26NO3+. The van der Waals surface area contributed by atoms with Crippen LogP contribution >= 0.6 is 0 Å². The Bertz CT molecular complexity index is 634. The SMILES string of the molecule is COC(CCCOc1ccc(/C=C/c2cccc[n+]2C)cc1)OC. The van der Waals surface area contributed by atoms with Gasteiger partial charge in [-0.1, -0.05) is 12.1 Å². The first-order valence-corrected chi connectivity index (χ1v) is 8.14. The molecular weight excluding hydrogens is 302 g/mol. The van der Waals surface area contributed by atoms with Crippen LogP contribution in [0.3, 0.4) is 0 Å². The van der Waals surface area contributed by atoms with Gasteiger partial charge in [0.15, 0.2) is 12.5 Å². The average molecular weight is 328 g/mol. The third-order valence-corrected chi connectivity index (χ3v) is 3.80. The largest absolute Gasteiger partial charge is 0.494 e. The third kappa shape index (κ3) is 5.80. The normalized spacial score (nSPS) is 11.3. The van der Waals surface area contributed by atoms with Crippen molar-refractivity contribution in [1.82, 2.24) is 0 Å². The first-order chi connectivity index (χ1) is 11.7. The van der Waals surface area contributed by atoms with E-state index in [1.54, 1.807) is 14.2 Å². The van der Waals surface area contributed by atoms with E-state index in [0.717, 1.165) is 29.8 Å². The summed E-state index contributed by atoms with van der Waals surface area (Å²) >= 11 is 0. The Morgan fingerprint density at radius 1 is 1.00 bits per heavy atom. The second kappa shape index (κ2) is 9.85. The summed E-state index contributed by atoms with van der Waals surface area (Å²) in [5, 5.41) is 0. The molecule has 0 fully saturated rings. The van der Waals surface area contributed by atoms with Crippen LogP contribution in [-0.2, 0) is 16.5 Å². The van der Waals surface area contributed by atoms with Crippen LogP contribution in [0.15, 0.2) is 48.7 Å². The molecule has 0 unspecified atom stereocenters. The van der Waals surface area contributed by atoms with Gasteiger partial charge in [0.25, 0.3) is 0 Å². The number of pyridine rings is 1. The highest BCUT2D eigenvalue weighted by Gasteiger charge is 2.04. The minimum Gasteiger partial charge on any atom is -0.494 e. The number of rotatable bonds is 9. The number of aryl methyl sites for hydroxylation is 1. The van der Waals surface area contributed by atoms with Crippen molar-refractivity contribution in [1.29, 1.82) is 0 Å². The van der Waals surface area contributed by atoms with Gasteiger partial charge in [0.2, 0.25) is 5.69 Å². The molecule has 0 radical (unpaired) electrons. The molecule has 0 aliphatic heterocycles. The quantitative estimate of drug-likeness (QED) is 0.401. The van der Waals surface area contributed by atoms with Gasteiger partial charge in [0.05, 0.1) is 6.61 Å². The molecule has 2 rings (SSSR count). The van der Waals surface area contributed by atoms with Crippen LogP contribution in [0.2, 0.25) is 0 Å². The van der Waals surface area contributed by atoms with Crippen molar-refractivity contribution in [2.75, 3.05) is 20.8 Å². The van der Waals surface area contributed by atoms with Gasteiger partial charge in [-0.25, -0.2) is 4.57 Å². The van der Waals surface area contributed by atoms with Crippen molar-refractivity contribution in [2.24, 2.45) is 7.05 Å². The molecule has 0 spiro atoms.